The van der Waals surface area contributed by atoms with Crippen molar-refractivity contribution in [1.82, 2.24) is 5.32 Å². The maximum absolute atomic E-state index is 14.6. The maximum atomic E-state index is 14.6. The van der Waals surface area contributed by atoms with Gasteiger partial charge in [0.15, 0.2) is 0 Å². The predicted octanol–water partition coefficient (Wildman–Crippen LogP) is 1.87. The van der Waals surface area contributed by atoms with E-state index in [9.17, 15) is 23.9 Å². The van der Waals surface area contributed by atoms with Gasteiger partial charge in [0.1, 0.15) is 11.9 Å². The van der Waals surface area contributed by atoms with E-state index in [2.05, 4.69) is 10.6 Å². The number of aliphatic carboxylic acids is 1. The van der Waals surface area contributed by atoms with E-state index in [1.165, 1.54) is 6.07 Å². The van der Waals surface area contributed by atoms with Gasteiger partial charge in [0.05, 0.1) is 17.7 Å². The number of halogens is 1. The van der Waals surface area contributed by atoms with Crippen LogP contribution in [0, 0.1) is 5.82 Å². The van der Waals surface area contributed by atoms with E-state index in [1.54, 1.807) is 17.0 Å². The summed E-state index contributed by atoms with van der Waals surface area (Å²) < 4.78 is 14.6. The number of carbonyl (C=O) groups is 3. The minimum absolute atomic E-state index is 0.233. The number of aliphatic hydroxyl groups is 1. The van der Waals surface area contributed by atoms with Crippen LogP contribution in [0.3, 0.4) is 0 Å². The zero-order valence-corrected chi connectivity index (χ0v) is 16.7. The molecule has 8 nitrogen and oxygen atoms in total. The Labute approximate surface area is 169 Å². The molecule has 2 heterocycles. The summed E-state index contributed by atoms with van der Waals surface area (Å²) in [7, 11) is 0. The van der Waals surface area contributed by atoms with Crippen LogP contribution in [0.15, 0.2) is 18.2 Å². The molecule has 3 rings (SSSR count). The molecule has 0 radical (unpaired) electrons. The van der Waals surface area contributed by atoms with Crippen LogP contribution >= 0.6 is 0 Å². The lowest BCUT2D eigenvalue weighted by molar-refractivity contribution is -0.143. The molecule has 2 aliphatic rings. The number of carboxylic acid groups (broad SMARTS) is 1. The van der Waals surface area contributed by atoms with E-state index in [0.29, 0.717) is 30.9 Å². The summed E-state index contributed by atoms with van der Waals surface area (Å²) in [4.78, 5) is 35.6. The molecule has 4 N–H and O–H groups in total. The number of imide groups is 1. The zero-order chi connectivity index (χ0) is 21.6. The molecule has 2 aliphatic heterocycles. The number of nitrogens with zero attached hydrogens (tertiary/aromatic N) is 1. The summed E-state index contributed by atoms with van der Waals surface area (Å²) >= 11 is 0. The quantitative estimate of drug-likeness (QED) is 0.548. The number of amides is 2. The molecule has 1 aromatic carbocycles. The van der Waals surface area contributed by atoms with Crippen LogP contribution in [-0.4, -0.2) is 52.7 Å². The summed E-state index contributed by atoms with van der Waals surface area (Å²) in [5, 5.41) is 24.3. The highest BCUT2D eigenvalue weighted by molar-refractivity contribution is 6.01. The van der Waals surface area contributed by atoms with Crippen LogP contribution in [0.1, 0.15) is 46.0 Å². The molecule has 1 atom stereocenters. The Morgan fingerprint density at radius 2 is 1.97 bits per heavy atom. The summed E-state index contributed by atoms with van der Waals surface area (Å²) in [5.74, 6) is -2.27. The first-order valence-corrected chi connectivity index (χ1v) is 9.85. The highest BCUT2D eigenvalue weighted by Gasteiger charge is 2.35. The molecule has 1 unspecified atom stereocenters. The van der Waals surface area contributed by atoms with Crippen molar-refractivity contribution in [3.8, 4) is 0 Å². The zero-order valence-electron chi connectivity index (χ0n) is 16.7. The van der Waals surface area contributed by atoms with Crippen molar-refractivity contribution in [2.24, 2.45) is 0 Å². The maximum Gasteiger partial charge on any atom is 0.306 e. The molecular formula is C20H28FN3O5. The smallest absolute Gasteiger partial charge is 0.306 e. The molecule has 9 heteroatoms. The van der Waals surface area contributed by atoms with Crippen LogP contribution in [0.2, 0.25) is 0 Å². The van der Waals surface area contributed by atoms with Gasteiger partial charge in [-0.2, -0.15) is 0 Å². The molecule has 0 aliphatic carbocycles. The van der Waals surface area contributed by atoms with Gasteiger partial charge >= 0.3 is 5.97 Å². The highest BCUT2D eigenvalue weighted by atomic mass is 19.1. The van der Waals surface area contributed by atoms with Crippen molar-refractivity contribution < 1.29 is 29.0 Å². The van der Waals surface area contributed by atoms with Gasteiger partial charge in [-0.05, 0) is 37.5 Å². The highest BCUT2D eigenvalue weighted by Crippen LogP contribution is 2.31. The van der Waals surface area contributed by atoms with E-state index in [-0.39, 0.29) is 31.6 Å². The van der Waals surface area contributed by atoms with Crippen molar-refractivity contribution in [3.63, 3.8) is 0 Å². The third-order valence-electron chi connectivity index (χ3n) is 5.04. The third kappa shape index (κ3) is 5.90. The Morgan fingerprint density at radius 3 is 2.52 bits per heavy atom. The Morgan fingerprint density at radius 1 is 1.31 bits per heavy atom. The van der Waals surface area contributed by atoms with Crippen molar-refractivity contribution in [1.29, 1.82) is 0 Å². The number of carboxylic acids is 1. The number of hydrogen-bond donors (Lipinski definition) is 4. The number of benzene rings is 1. The molecule has 0 aromatic heterocycles. The third-order valence-corrected chi connectivity index (χ3v) is 5.04. The fourth-order valence-corrected chi connectivity index (χ4v) is 3.51. The van der Waals surface area contributed by atoms with Gasteiger partial charge in [-0.25, -0.2) is 4.39 Å². The molecule has 0 spiro atoms. The molecule has 2 fully saturated rings. The molecule has 29 heavy (non-hydrogen) atoms. The average molecular weight is 409 g/mol. The molecule has 1 aromatic rings. The number of hydrogen-bond acceptors (Lipinski definition) is 6. The Kier molecular flexibility index (Phi) is 7.55. The summed E-state index contributed by atoms with van der Waals surface area (Å²) in [6.07, 6.45) is 0.751. The number of rotatable bonds is 5. The number of piperidine rings is 2. The largest absolute Gasteiger partial charge is 0.481 e. The second kappa shape index (κ2) is 9.69. The lowest BCUT2D eigenvalue weighted by Gasteiger charge is -2.38. The van der Waals surface area contributed by atoms with Gasteiger partial charge in [-0.15, -0.1) is 0 Å². The molecule has 160 valence electrons. The average Bonchev–Trinajstić information content (AvgIpc) is 2.66. The molecule has 2 amide bonds. The van der Waals surface area contributed by atoms with Crippen LogP contribution in [0.25, 0.3) is 0 Å². The standard InChI is InChI=1S/C18H22FN3O5.C2H6/c19-12-9-11(20-13-2-4-15(23)21-17(13)26)1-3-14(12)22-7-5-18(27,6-8-22)10-16(24)25;1-2/h1,3,9,13,20,27H,2,4-8,10H2,(H,24,25)(H,21,23,26);1-2H3. The van der Waals surface area contributed by atoms with Crippen LogP contribution in [0.4, 0.5) is 15.8 Å². The normalized spacial score (nSPS) is 21.0. The van der Waals surface area contributed by atoms with E-state index in [0.717, 1.165) is 0 Å². The number of carbonyl (C=O) groups excluding carboxylic acids is 2. The van der Waals surface area contributed by atoms with Crippen LogP contribution in [0.5, 0.6) is 0 Å². The molecule has 0 bridgehead atoms. The van der Waals surface area contributed by atoms with Crippen molar-refractivity contribution in [2.45, 2.75) is 57.6 Å². The number of anilines is 2. The molecule has 2 saturated heterocycles. The van der Waals surface area contributed by atoms with Gasteiger partial charge < -0.3 is 20.4 Å². The van der Waals surface area contributed by atoms with Crippen molar-refractivity contribution in [3.05, 3.63) is 24.0 Å². The summed E-state index contributed by atoms with van der Waals surface area (Å²) in [6.45, 7) is 4.70. The SMILES string of the molecule is CC.O=C(O)CC1(O)CCN(c2ccc(NC3CCC(=O)NC3=O)cc2F)CC1. The predicted molar refractivity (Wildman–Crippen MR) is 106 cm³/mol. The lowest BCUT2D eigenvalue weighted by Crippen LogP contribution is -2.47. The fraction of sp³-hybridized carbons (Fsp3) is 0.550. The van der Waals surface area contributed by atoms with Crippen molar-refractivity contribution >= 4 is 29.2 Å². The Hall–Kier alpha value is -2.68. The second-order valence-electron chi connectivity index (χ2n) is 7.10. The first-order chi connectivity index (χ1) is 13.8. The van der Waals surface area contributed by atoms with Gasteiger partial charge in [0.2, 0.25) is 11.8 Å². The monoisotopic (exact) mass is 409 g/mol. The summed E-state index contributed by atoms with van der Waals surface area (Å²) in [6, 6.07) is 3.94. The van der Waals surface area contributed by atoms with Gasteiger partial charge in [-0.3, -0.25) is 19.7 Å². The first kappa shape index (κ1) is 22.6. The lowest BCUT2D eigenvalue weighted by atomic mass is 9.88. The number of nitrogens with one attached hydrogen (secondary N) is 2. The van der Waals surface area contributed by atoms with E-state index in [4.69, 9.17) is 5.11 Å². The Balaban J connectivity index is 0.00000145. The fourth-order valence-electron chi connectivity index (χ4n) is 3.51. The Bertz CT molecular complexity index is 762. The van der Waals surface area contributed by atoms with Crippen LogP contribution < -0.4 is 15.5 Å². The van der Waals surface area contributed by atoms with Crippen molar-refractivity contribution in [2.75, 3.05) is 23.3 Å². The van der Waals surface area contributed by atoms with Gasteiger partial charge in [-0.1, -0.05) is 13.8 Å². The minimum atomic E-state index is -1.26. The van der Waals surface area contributed by atoms with E-state index < -0.39 is 29.3 Å². The topological polar surface area (TPSA) is 119 Å². The second-order valence-corrected chi connectivity index (χ2v) is 7.10. The first-order valence-electron chi connectivity index (χ1n) is 9.85. The van der Waals surface area contributed by atoms with E-state index >= 15 is 0 Å². The molecule has 0 saturated carbocycles. The van der Waals surface area contributed by atoms with Gasteiger partial charge in [0, 0.05) is 25.2 Å². The van der Waals surface area contributed by atoms with Crippen LogP contribution in [-0.2, 0) is 14.4 Å². The minimum Gasteiger partial charge on any atom is -0.481 e. The van der Waals surface area contributed by atoms with Gasteiger partial charge in [0.25, 0.3) is 0 Å². The summed E-state index contributed by atoms with van der Waals surface area (Å²) in [5.41, 5.74) is -0.460. The molecular weight excluding hydrogens is 381 g/mol. The van der Waals surface area contributed by atoms with E-state index in [1.807, 2.05) is 13.8 Å².